The molecule has 0 aliphatic rings. The monoisotopic (exact) mass is 219 g/mol. The van der Waals surface area contributed by atoms with Crippen LogP contribution in [0.3, 0.4) is 0 Å². The summed E-state index contributed by atoms with van der Waals surface area (Å²) >= 11 is 1.27. The van der Waals surface area contributed by atoms with Crippen LogP contribution in [0.4, 0.5) is 0 Å². The molecule has 0 saturated carbocycles. The van der Waals surface area contributed by atoms with Gasteiger partial charge < -0.3 is 4.98 Å². The summed E-state index contributed by atoms with van der Waals surface area (Å²) < 4.78 is 0. The average Bonchev–Trinajstić information content (AvgIpc) is 2.45. The molecule has 3 heteroatoms. The van der Waals surface area contributed by atoms with Crippen molar-refractivity contribution in [3.63, 3.8) is 0 Å². The maximum absolute atomic E-state index is 11.2. The van der Waals surface area contributed by atoms with Crippen LogP contribution in [0.15, 0.2) is 23.0 Å². The molecule has 0 aliphatic heterocycles. The quantitative estimate of drug-likeness (QED) is 0.785. The highest BCUT2D eigenvalue weighted by molar-refractivity contribution is 7.09. The van der Waals surface area contributed by atoms with Crippen molar-refractivity contribution in [1.29, 1.82) is 0 Å². The summed E-state index contributed by atoms with van der Waals surface area (Å²) in [6.07, 6.45) is 0. The zero-order chi connectivity index (χ0) is 11.0. The molecule has 0 saturated heterocycles. The van der Waals surface area contributed by atoms with E-state index in [2.05, 4.69) is 37.0 Å². The molecule has 1 heterocycles. The number of hydrogen-bond donors (Lipinski definition) is 1. The Labute approximate surface area is 92.6 Å². The Kier molecular flexibility index (Phi) is 2.49. The van der Waals surface area contributed by atoms with Crippen LogP contribution in [0.2, 0.25) is 0 Å². The van der Waals surface area contributed by atoms with Crippen molar-refractivity contribution >= 4 is 11.3 Å². The fourth-order valence-corrected chi connectivity index (χ4v) is 2.45. The molecule has 0 radical (unpaired) electrons. The Balaban J connectivity index is 2.64. The normalized spacial score (nSPS) is 10.6. The first-order valence-electron chi connectivity index (χ1n) is 4.85. The third kappa shape index (κ3) is 1.88. The van der Waals surface area contributed by atoms with Gasteiger partial charge in [-0.2, -0.15) is 0 Å². The number of aromatic amines is 1. The lowest BCUT2D eigenvalue weighted by Gasteiger charge is -2.05. The van der Waals surface area contributed by atoms with Crippen LogP contribution in [0.1, 0.15) is 16.0 Å². The molecule has 0 bridgehead atoms. The molecular weight excluding hydrogens is 206 g/mol. The average molecular weight is 219 g/mol. The second-order valence-corrected chi connectivity index (χ2v) is 4.95. The maximum atomic E-state index is 11.2. The SMILES string of the molecule is Cc1ccc(-c2[nH]c(=O)sc2C)c(C)c1. The van der Waals surface area contributed by atoms with Gasteiger partial charge in [0, 0.05) is 10.4 Å². The van der Waals surface area contributed by atoms with Crippen LogP contribution < -0.4 is 4.87 Å². The zero-order valence-electron chi connectivity index (χ0n) is 9.05. The molecule has 0 amide bonds. The Morgan fingerprint density at radius 2 is 1.93 bits per heavy atom. The highest BCUT2D eigenvalue weighted by atomic mass is 32.1. The number of aromatic nitrogens is 1. The summed E-state index contributed by atoms with van der Waals surface area (Å²) in [6, 6.07) is 6.26. The van der Waals surface area contributed by atoms with Gasteiger partial charge in [0.25, 0.3) is 0 Å². The second-order valence-electron chi connectivity index (χ2n) is 3.76. The second kappa shape index (κ2) is 3.66. The Bertz CT molecular complexity index is 551. The van der Waals surface area contributed by atoms with Crippen molar-refractivity contribution in [2.75, 3.05) is 0 Å². The molecule has 0 unspecified atom stereocenters. The van der Waals surface area contributed by atoms with Gasteiger partial charge in [-0.15, -0.1) is 0 Å². The van der Waals surface area contributed by atoms with Crippen LogP contribution in [-0.2, 0) is 0 Å². The molecule has 0 aliphatic carbocycles. The Morgan fingerprint density at radius 1 is 1.20 bits per heavy atom. The van der Waals surface area contributed by atoms with Gasteiger partial charge in [-0.1, -0.05) is 35.1 Å². The standard InChI is InChI=1S/C12H13NOS/c1-7-4-5-10(8(2)6-7)11-9(3)15-12(14)13-11/h4-6H,1-3H3,(H,13,14). The molecule has 2 rings (SSSR count). The first kappa shape index (κ1) is 10.2. The van der Waals surface area contributed by atoms with Crippen LogP contribution in [0.25, 0.3) is 11.3 Å². The van der Waals surface area contributed by atoms with Crippen LogP contribution >= 0.6 is 11.3 Å². The molecule has 1 aromatic heterocycles. The van der Waals surface area contributed by atoms with Gasteiger partial charge >= 0.3 is 4.87 Å². The highest BCUT2D eigenvalue weighted by Crippen LogP contribution is 2.26. The molecule has 78 valence electrons. The molecular formula is C12H13NOS. The molecule has 2 nitrogen and oxygen atoms in total. The maximum Gasteiger partial charge on any atom is 0.305 e. The molecule has 0 spiro atoms. The van der Waals surface area contributed by atoms with Crippen LogP contribution in [0.5, 0.6) is 0 Å². The number of nitrogens with one attached hydrogen (secondary N) is 1. The number of thiazole rings is 1. The van der Waals surface area contributed by atoms with E-state index in [1.807, 2.05) is 6.92 Å². The summed E-state index contributed by atoms with van der Waals surface area (Å²) in [6.45, 7) is 6.11. The van der Waals surface area contributed by atoms with Gasteiger partial charge in [0.05, 0.1) is 5.69 Å². The van der Waals surface area contributed by atoms with Gasteiger partial charge in [-0.25, -0.2) is 0 Å². The minimum absolute atomic E-state index is 0.0162. The van der Waals surface area contributed by atoms with E-state index >= 15 is 0 Å². The van der Waals surface area contributed by atoms with Crippen molar-refractivity contribution in [1.82, 2.24) is 4.98 Å². The lowest BCUT2D eigenvalue weighted by molar-refractivity contribution is 1.29. The summed E-state index contributed by atoms with van der Waals surface area (Å²) in [5.41, 5.74) is 4.53. The fraction of sp³-hybridized carbons (Fsp3) is 0.250. The van der Waals surface area contributed by atoms with Gasteiger partial charge in [-0.3, -0.25) is 4.79 Å². The number of hydrogen-bond acceptors (Lipinski definition) is 2. The summed E-state index contributed by atoms with van der Waals surface area (Å²) in [5, 5.41) is 0. The van der Waals surface area contributed by atoms with Crippen molar-refractivity contribution in [2.45, 2.75) is 20.8 Å². The molecule has 1 aromatic carbocycles. The third-order valence-electron chi connectivity index (χ3n) is 2.48. The fourth-order valence-electron chi connectivity index (χ4n) is 1.76. The van der Waals surface area contributed by atoms with Crippen LogP contribution in [-0.4, -0.2) is 4.98 Å². The van der Waals surface area contributed by atoms with Crippen molar-refractivity contribution < 1.29 is 0 Å². The van der Waals surface area contributed by atoms with Crippen molar-refractivity contribution in [3.05, 3.63) is 43.9 Å². The van der Waals surface area contributed by atoms with Crippen molar-refractivity contribution in [3.8, 4) is 11.3 Å². The van der Waals surface area contributed by atoms with Crippen LogP contribution in [0, 0.1) is 20.8 Å². The minimum atomic E-state index is 0.0162. The summed E-state index contributed by atoms with van der Waals surface area (Å²) in [5.74, 6) is 0. The van der Waals surface area contributed by atoms with E-state index in [0.29, 0.717) is 0 Å². The predicted octanol–water partition coefficient (Wildman–Crippen LogP) is 3.03. The summed E-state index contributed by atoms with van der Waals surface area (Å²) in [4.78, 5) is 15.2. The van der Waals surface area contributed by atoms with E-state index in [-0.39, 0.29) is 4.87 Å². The van der Waals surface area contributed by atoms with E-state index in [1.165, 1.54) is 22.5 Å². The van der Waals surface area contributed by atoms with E-state index in [1.54, 1.807) is 0 Å². The number of aryl methyl sites for hydroxylation is 3. The van der Waals surface area contributed by atoms with Gasteiger partial charge in [0.2, 0.25) is 0 Å². The Hall–Kier alpha value is -1.35. The first-order valence-corrected chi connectivity index (χ1v) is 5.67. The zero-order valence-corrected chi connectivity index (χ0v) is 9.87. The summed E-state index contributed by atoms with van der Waals surface area (Å²) in [7, 11) is 0. The number of rotatable bonds is 1. The third-order valence-corrected chi connectivity index (χ3v) is 3.27. The highest BCUT2D eigenvalue weighted by Gasteiger charge is 2.08. The number of H-pyrrole nitrogens is 1. The molecule has 0 atom stereocenters. The van der Waals surface area contributed by atoms with Crippen molar-refractivity contribution in [2.24, 2.45) is 0 Å². The van der Waals surface area contributed by atoms with E-state index in [9.17, 15) is 4.79 Å². The van der Waals surface area contributed by atoms with E-state index in [0.717, 1.165) is 16.1 Å². The smallest absolute Gasteiger partial charge is 0.305 e. The van der Waals surface area contributed by atoms with Gasteiger partial charge in [0.15, 0.2) is 0 Å². The minimum Gasteiger partial charge on any atom is -0.312 e. The lowest BCUT2D eigenvalue weighted by atomic mass is 10.0. The van der Waals surface area contributed by atoms with Gasteiger partial charge in [0.1, 0.15) is 0 Å². The first-order chi connectivity index (χ1) is 7.08. The largest absolute Gasteiger partial charge is 0.312 e. The molecule has 15 heavy (non-hydrogen) atoms. The molecule has 2 aromatic rings. The lowest BCUT2D eigenvalue weighted by Crippen LogP contribution is -1.93. The topological polar surface area (TPSA) is 32.9 Å². The van der Waals surface area contributed by atoms with E-state index < -0.39 is 0 Å². The predicted molar refractivity (Wildman–Crippen MR) is 64.6 cm³/mol. The molecule has 0 fully saturated rings. The van der Waals surface area contributed by atoms with E-state index in [4.69, 9.17) is 0 Å². The Morgan fingerprint density at radius 3 is 2.47 bits per heavy atom. The van der Waals surface area contributed by atoms with Gasteiger partial charge in [-0.05, 0) is 26.3 Å². The number of benzene rings is 1. The molecule has 1 N–H and O–H groups in total.